The van der Waals surface area contributed by atoms with Crippen molar-refractivity contribution < 1.29 is 9.53 Å². The lowest BCUT2D eigenvalue weighted by molar-refractivity contribution is -0.134. The number of morpholine rings is 1. The van der Waals surface area contributed by atoms with Crippen molar-refractivity contribution in [2.45, 2.75) is 25.8 Å². The number of hydrogen-bond donors (Lipinski definition) is 0. The Bertz CT molecular complexity index is 1290. The molecule has 8 nitrogen and oxygen atoms in total. The van der Waals surface area contributed by atoms with E-state index in [1.54, 1.807) is 12.4 Å². The number of carbonyl (C=O) groups excluding carboxylic acids is 1. The number of fused-ring (bicyclic) bond motifs is 2. The van der Waals surface area contributed by atoms with Crippen LogP contribution in [0.1, 0.15) is 17.8 Å². The van der Waals surface area contributed by atoms with Crippen LogP contribution in [0.2, 0.25) is 0 Å². The predicted octanol–water partition coefficient (Wildman–Crippen LogP) is 2.61. The second-order valence-electron chi connectivity index (χ2n) is 8.28. The van der Waals surface area contributed by atoms with Gasteiger partial charge in [-0.15, -0.1) is 0 Å². The molecule has 1 fully saturated rings. The SMILES string of the molecule is O=C(Cc1cnc2ccc(-c3c(-c4ccccn4)nn4c3CCC4)cn12)N1CCOCC1. The molecule has 0 bridgehead atoms. The summed E-state index contributed by atoms with van der Waals surface area (Å²) in [5.74, 6) is 0.112. The summed E-state index contributed by atoms with van der Waals surface area (Å²) in [5, 5.41) is 4.89. The molecule has 6 heterocycles. The van der Waals surface area contributed by atoms with Crippen molar-refractivity contribution in [3.8, 4) is 22.5 Å². The van der Waals surface area contributed by atoms with Crippen molar-refractivity contribution in [1.29, 1.82) is 0 Å². The summed E-state index contributed by atoms with van der Waals surface area (Å²) in [7, 11) is 0. The fraction of sp³-hybridized carbons (Fsp3) is 0.333. The maximum Gasteiger partial charge on any atom is 0.228 e. The third kappa shape index (κ3) is 3.27. The monoisotopic (exact) mass is 428 g/mol. The Morgan fingerprint density at radius 1 is 1.06 bits per heavy atom. The summed E-state index contributed by atoms with van der Waals surface area (Å²) >= 11 is 0. The van der Waals surface area contributed by atoms with Gasteiger partial charge in [-0.25, -0.2) is 4.98 Å². The molecule has 2 aliphatic heterocycles. The number of ether oxygens (including phenoxy) is 1. The lowest BCUT2D eigenvalue weighted by Gasteiger charge is -2.26. The molecular formula is C24H24N6O2. The topological polar surface area (TPSA) is 77.5 Å². The summed E-state index contributed by atoms with van der Waals surface area (Å²) in [6, 6.07) is 10.0. The van der Waals surface area contributed by atoms with Crippen LogP contribution in [-0.2, 0) is 28.9 Å². The van der Waals surface area contributed by atoms with E-state index in [1.165, 1.54) is 5.69 Å². The van der Waals surface area contributed by atoms with E-state index in [2.05, 4.69) is 26.9 Å². The molecule has 0 N–H and O–H groups in total. The molecule has 0 saturated carbocycles. The van der Waals surface area contributed by atoms with Gasteiger partial charge in [0.1, 0.15) is 11.3 Å². The van der Waals surface area contributed by atoms with E-state index < -0.39 is 0 Å². The van der Waals surface area contributed by atoms with Gasteiger partial charge >= 0.3 is 0 Å². The van der Waals surface area contributed by atoms with Crippen LogP contribution in [-0.4, -0.2) is 61.3 Å². The highest BCUT2D eigenvalue weighted by Crippen LogP contribution is 2.36. The van der Waals surface area contributed by atoms with Gasteiger partial charge in [0.25, 0.3) is 0 Å². The number of amides is 1. The molecule has 6 rings (SSSR count). The first-order valence-corrected chi connectivity index (χ1v) is 11.1. The van der Waals surface area contributed by atoms with E-state index >= 15 is 0 Å². The van der Waals surface area contributed by atoms with Gasteiger partial charge in [0, 0.05) is 55.0 Å². The fourth-order valence-corrected chi connectivity index (χ4v) is 4.71. The molecule has 8 heteroatoms. The third-order valence-electron chi connectivity index (χ3n) is 6.32. The minimum Gasteiger partial charge on any atom is -0.378 e. The van der Waals surface area contributed by atoms with E-state index in [9.17, 15) is 4.79 Å². The summed E-state index contributed by atoms with van der Waals surface area (Å²) in [6.45, 7) is 3.44. The van der Waals surface area contributed by atoms with Gasteiger partial charge in [0.05, 0.1) is 31.0 Å². The maximum absolute atomic E-state index is 12.8. The molecule has 0 aromatic carbocycles. The zero-order chi connectivity index (χ0) is 21.5. The fourth-order valence-electron chi connectivity index (χ4n) is 4.71. The average molecular weight is 428 g/mol. The zero-order valence-electron chi connectivity index (χ0n) is 17.8. The highest BCUT2D eigenvalue weighted by atomic mass is 16.5. The summed E-state index contributed by atoms with van der Waals surface area (Å²) in [4.78, 5) is 23.8. The summed E-state index contributed by atoms with van der Waals surface area (Å²) in [5.41, 5.74) is 6.95. The number of nitrogens with zero attached hydrogens (tertiary/aromatic N) is 6. The second-order valence-corrected chi connectivity index (χ2v) is 8.28. The van der Waals surface area contributed by atoms with Gasteiger partial charge in [-0.2, -0.15) is 5.10 Å². The molecule has 1 saturated heterocycles. The Balaban J connectivity index is 1.41. The minimum absolute atomic E-state index is 0.112. The van der Waals surface area contributed by atoms with Gasteiger partial charge < -0.3 is 14.0 Å². The zero-order valence-corrected chi connectivity index (χ0v) is 17.8. The lowest BCUT2D eigenvalue weighted by Crippen LogP contribution is -2.41. The van der Waals surface area contributed by atoms with Gasteiger partial charge in [-0.1, -0.05) is 6.07 Å². The van der Waals surface area contributed by atoms with Gasteiger partial charge in [-0.3, -0.25) is 14.5 Å². The van der Waals surface area contributed by atoms with E-state index in [-0.39, 0.29) is 5.91 Å². The Morgan fingerprint density at radius 3 is 2.81 bits per heavy atom. The number of carbonyl (C=O) groups is 1. The van der Waals surface area contributed by atoms with Crippen molar-refractivity contribution >= 4 is 11.6 Å². The third-order valence-corrected chi connectivity index (χ3v) is 6.32. The largest absolute Gasteiger partial charge is 0.378 e. The average Bonchev–Trinajstić information content (AvgIpc) is 3.55. The number of pyridine rings is 2. The van der Waals surface area contributed by atoms with Crippen LogP contribution in [0, 0.1) is 0 Å². The number of rotatable bonds is 4. The molecule has 0 spiro atoms. The summed E-state index contributed by atoms with van der Waals surface area (Å²) in [6.07, 6.45) is 8.12. The smallest absolute Gasteiger partial charge is 0.228 e. The normalized spacial score (nSPS) is 15.9. The van der Waals surface area contributed by atoms with Crippen LogP contribution in [0.25, 0.3) is 28.2 Å². The minimum atomic E-state index is 0.112. The quantitative estimate of drug-likeness (QED) is 0.499. The number of imidazole rings is 1. The molecule has 4 aromatic rings. The van der Waals surface area contributed by atoms with Crippen molar-refractivity contribution in [2.75, 3.05) is 26.3 Å². The van der Waals surface area contributed by atoms with Crippen LogP contribution in [0.5, 0.6) is 0 Å². The Labute approximate surface area is 185 Å². The van der Waals surface area contributed by atoms with E-state index in [0.29, 0.717) is 32.7 Å². The van der Waals surface area contributed by atoms with Gasteiger partial charge in [0.2, 0.25) is 5.91 Å². The summed E-state index contributed by atoms with van der Waals surface area (Å²) < 4.78 is 9.52. The van der Waals surface area contributed by atoms with Crippen LogP contribution in [0.3, 0.4) is 0 Å². The van der Waals surface area contributed by atoms with Crippen LogP contribution in [0.15, 0.2) is 48.9 Å². The maximum atomic E-state index is 12.8. The number of aryl methyl sites for hydroxylation is 1. The van der Waals surface area contributed by atoms with Crippen molar-refractivity contribution in [3.05, 3.63) is 60.3 Å². The molecule has 4 aromatic heterocycles. The van der Waals surface area contributed by atoms with Crippen LogP contribution in [0.4, 0.5) is 0 Å². The number of aromatic nitrogens is 5. The van der Waals surface area contributed by atoms with E-state index in [1.807, 2.05) is 33.6 Å². The first kappa shape index (κ1) is 19.2. The van der Waals surface area contributed by atoms with E-state index in [0.717, 1.165) is 53.2 Å². The molecule has 162 valence electrons. The number of hydrogen-bond acceptors (Lipinski definition) is 5. The Kier molecular flexibility index (Phi) is 4.72. The molecule has 0 unspecified atom stereocenters. The van der Waals surface area contributed by atoms with Crippen molar-refractivity contribution in [1.82, 2.24) is 29.0 Å². The predicted molar refractivity (Wildman–Crippen MR) is 119 cm³/mol. The standard InChI is InChI=1S/C24H24N6O2/c31-22(28-10-12-32-13-11-28)14-18-15-26-21-7-6-17(16-29(18)21)23-20-5-3-9-30(20)27-24(23)19-4-1-2-8-25-19/h1-2,4,6-8,15-16H,3,5,9-14H2. The van der Waals surface area contributed by atoms with Gasteiger partial charge in [0.15, 0.2) is 0 Å². The Morgan fingerprint density at radius 2 is 1.97 bits per heavy atom. The molecule has 1 amide bonds. The lowest BCUT2D eigenvalue weighted by atomic mass is 10.0. The van der Waals surface area contributed by atoms with Crippen LogP contribution >= 0.6 is 0 Å². The highest BCUT2D eigenvalue weighted by Gasteiger charge is 2.25. The molecular weight excluding hydrogens is 404 g/mol. The first-order chi connectivity index (χ1) is 15.8. The van der Waals surface area contributed by atoms with E-state index in [4.69, 9.17) is 9.84 Å². The van der Waals surface area contributed by atoms with Crippen molar-refractivity contribution in [3.63, 3.8) is 0 Å². The van der Waals surface area contributed by atoms with Crippen molar-refractivity contribution in [2.24, 2.45) is 0 Å². The molecule has 0 radical (unpaired) electrons. The Hall–Kier alpha value is -3.52. The van der Waals surface area contributed by atoms with Gasteiger partial charge in [-0.05, 0) is 37.1 Å². The highest BCUT2D eigenvalue weighted by molar-refractivity contribution is 5.82. The molecule has 0 aliphatic carbocycles. The first-order valence-electron chi connectivity index (χ1n) is 11.1. The molecule has 0 atom stereocenters. The second kappa shape index (κ2) is 7.87. The molecule has 2 aliphatic rings. The molecule has 32 heavy (non-hydrogen) atoms. The van der Waals surface area contributed by atoms with Crippen LogP contribution < -0.4 is 0 Å².